The molecule has 0 bridgehead atoms. The molecule has 1 aliphatic rings. The molecule has 6 nitrogen and oxygen atoms in total. The second kappa shape index (κ2) is 9.61. The number of hydrogen-bond acceptors (Lipinski definition) is 6. The number of anilines is 1. The van der Waals surface area contributed by atoms with Crippen LogP contribution in [0.5, 0.6) is 11.5 Å². The van der Waals surface area contributed by atoms with Gasteiger partial charge in [0, 0.05) is 28.9 Å². The average Bonchev–Trinajstić information content (AvgIpc) is 3.59. The van der Waals surface area contributed by atoms with Crippen molar-refractivity contribution in [2.75, 3.05) is 5.32 Å². The summed E-state index contributed by atoms with van der Waals surface area (Å²) < 4.78 is 12.2. The van der Waals surface area contributed by atoms with Gasteiger partial charge >= 0.3 is 0 Å². The van der Waals surface area contributed by atoms with Crippen LogP contribution in [0.4, 0.5) is 5.69 Å². The fourth-order valence-corrected chi connectivity index (χ4v) is 3.98. The van der Waals surface area contributed by atoms with E-state index >= 15 is 0 Å². The molecule has 0 aliphatic heterocycles. The summed E-state index contributed by atoms with van der Waals surface area (Å²) in [4.78, 5) is 13.5. The minimum Gasteiger partial charge on any atom is -0.508 e. The number of ether oxygens (including phenoxy) is 1. The summed E-state index contributed by atoms with van der Waals surface area (Å²) in [5.41, 5.74) is 3.26. The molecule has 34 heavy (non-hydrogen) atoms. The number of hydrogen-bond donors (Lipinski definition) is 3. The maximum Gasteiger partial charge on any atom is 0.235 e. The first kappa shape index (κ1) is 23.4. The van der Waals surface area contributed by atoms with Gasteiger partial charge < -0.3 is 25.0 Å². The molecule has 1 aromatic heterocycles. The molecule has 0 amide bonds. The standard InChI is InChI=1S/C27H24N2O4.ClH/c1-16(28)21-14-23(21)29-19-9-12-24-22(13-19)25(31)27(32-15-17-5-3-2-4-6-17)26(33-24)18-7-10-20(30)11-8-18;/h2-13,21,23,28-30H,14-15H2,1H3;1H. The zero-order valence-electron chi connectivity index (χ0n) is 18.6. The van der Waals surface area contributed by atoms with Crippen LogP contribution < -0.4 is 15.5 Å². The van der Waals surface area contributed by atoms with Crippen molar-refractivity contribution >= 4 is 34.8 Å². The lowest BCUT2D eigenvalue weighted by molar-refractivity contribution is 0.298. The van der Waals surface area contributed by atoms with Gasteiger partial charge in [0.2, 0.25) is 11.2 Å². The van der Waals surface area contributed by atoms with Gasteiger partial charge in [-0.25, -0.2) is 0 Å². The Balaban J connectivity index is 0.00000274. The lowest BCUT2D eigenvalue weighted by Gasteiger charge is -2.13. The summed E-state index contributed by atoms with van der Waals surface area (Å²) in [6.07, 6.45) is 0.924. The first-order valence-corrected chi connectivity index (χ1v) is 10.9. The molecule has 7 heteroatoms. The zero-order valence-corrected chi connectivity index (χ0v) is 19.4. The van der Waals surface area contributed by atoms with E-state index in [1.54, 1.807) is 36.4 Å². The number of aromatic hydroxyl groups is 1. The first-order chi connectivity index (χ1) is 16.0. The Morgan fingerprint density at radius 2 is 1.85 bits per heavy atom. The molecule has 0 saturated heterocycles. The number of phenolic OH excluding ortho intramolecular Hbond substituents is 1. The molecule has 2 unspecified atom stereocenters. The third-order valence-corrected chi connectivity index (χ3v) is 5.90. The van der Waals surface area contributed by atoms with E-state index in [4.69, 9.17) is 14.6 Å². The molecule has 4 aromatic rings. The molecule has 1 aliphatic carbocycles. The van der Waals surface area contributed by atoms with Crippen LogP contribution in [0, 0.1) is 11.3 Å². The fraction of sp³-hybridized carbons (Fsp3) is 0.185. The van der Waals surface area contributed by atoms with E-state index in [0.717, 1.165) is 17.7 Å². The van der Waals surface area contributed by atoms with Crippen LogP contribution in [0.25, 0.3) is 22.3 Å². The predicted octanol–water partition coefficient (Wildman–Crippen LogP) is 6.01. The molecule has 3 aromatic carbocycles. The van der Waals surface area contributed by atoms with Crippen molar-refractivity contribution in [2.24, 2.45) is 5.92 Å². The van der Waals surface area contributed by atoms with Crippen molar-refractivity contribution in [3.05, 3.63) is 88.6 Å². The normalized spacial score (nSPS) is 16.5. The number of rotatable bonds is 7. The van der Waals surface area contributed by atoms with Crippen LogP contribution in [0.3, 0.4) is 0 Å². The second-order valence-corrected chi connectivity index (χ2v) is 8.40. The third-order valence-electron chi connectivity index (χ3n) is 5.90. The number of fused-ring (bicyclic) bond motifs is 1. The Hall–Kier alpha value is -3.77. The van der Waals surface area contributed by atoms with E-state index in [0.29, 0.717) is 28.0 Å². The van der Waals surface area contributed by atoms with Gasteiger partial charge in [0.15, 0.2) is 5.76 Å². The third kappa shape index (κ3) is 4.77. The Morgan fingerprint density at radius 3 is 2.53 bits per heavy atom. The summed E-state index contributed by atoms with van der Waals surface area (Å²) in [6.45, 7) is 2.05. The van der Waals surface area contributed by atoms with Gasteiger partial charge in [0.25, 0.3) is 0 Å². The molecular weight excluding hydrogens is 452 g/mol. The van der Waals surface area contributed by atoms with Gasteiger partial charge in [-0.2, -0.15) is 0 Å². The minimum atomic E-state index is -0.255. The van der Waals surface area contributed by atoms with Crippen LogP contribution in [0.15, 0.2) is 82.0 Å². The van der Waals surface area contributed by atoms with Gasteiger partial charge in [-0.05, 0) is 61.4 Å². The Kier molecular flexibility index (Phi) is 6.61. The minimum absolute atomic E-state index is 0. The number of benzene rings is 3. The van der Waals surface area contributed by atoms with E-state index in [2.05, 4.69) is 5.32 Å². The Morgan fingerprint density at radius 1 is 1.12 bits per heavy atom. The average molecular weight is 477 g/mol. The van der Waals surface area contributed by atoms with Crippen LogP contribution >= 0.6 is 12.4 Å². The van der Waals surface area contributed by atoms with Gasteiger partial charge in [0.05, 0.1) is 5.39 Å². The molecule has 1 saturated carbocycles. The molecule has 2 atom stereocenters. The van der Waals surface area contributed by atoms with Crippen molar-refractivity contribution in [3.63, 3.8) is 0 Å². The van der Waals surface area contributed by atoms with Gasteiger partial charge in [-0.15, -0.1) is 12.4 Å². The SMILES string of the molecule is CC(=N)C1CC1Nc1ccc2oc(-c3ccc(O)cc3)c(OCc3ccccc3)c(=O)c2c1.Cl. The van der Waals surface area contributed by atoms with Gasteiger partial charge in [0.1, 0.15) is 17.9 Å². The monoisotopic (exact) mass is 476 g/mol. The van der Waals surface area contributed by atoms with E-state index < -0.39 is 0 Å². The van der Waals surface area contributed by atoms with Crippen molar-refractivity contribution < 1.29 is 14.3 Å². The van der Waals surface area contributed by atoms with Crippen molar-refractivity contribution in [1.82, 2.24) is 0 Å². The summed E-state index contributed by atoms with van der Waals surface area (Å²) in [5.74, 6) is 0.835. The molecule has 1 heterocycles. The first-order valence-electron chi connectivity index (χ1n) is 10.9. The van der Waals surface area contributed by atoms with Crippen LogP contribution in [0.2, 0.25) is 0 Å². The van der Waals surface area contributed by atoms with Crippen LogP contribution in [-0.2, 0) is 6.61 Å². The van der Waals surface area contributed by atoms with Crippen molar-refractivity contribution in [2.45, 2.75) is 26.0 Å². The molecule has 1 fully saturated rings. The topological polar surface area (TPSA) is 95.6 Å². The zero-order chi connectivity index (χ0) is 22.9. The Bertz CT molecular complexity index is 1380. The fourth-order valence-electron chi connectivity index (χ4n) is 3.98. The van der Waals surface area contributed by atoms with E-state index in [1.165, 1.54) is 0 Å². The maximum atomic E-state index is 13.5. The number of phenols is 1. The quantitative estimate of drug-likeness (QED) is 0.284. The molecule has 5 rings (SSSR count). The Labute approximate surface area is 203 Å². The second-order valence-electron chi connectivity index (χ2n) is 8.40. The molecule has 0 spiro atoms. The summed E-state index contributed by atoms with van der Waals surface area (Å²) in [5, 5.41) is 21.3. The number of nitrogens with one attached hydrogen (secondary N) is 2. The smallest absolute Gasteiger partial charge is 0.235 e. The van der Waals surface area contributed by atoms with Crippen molar-refractivity contribution in [3.8, 4) is 22.8 Å². The predicted molar refractivity (Wildman–Crippen MR) is 137 cm³/mol. The molecule has 0 radical (unpaired) electrons. The highest BCUT2D eigenvalue weighted by Gasteiger charge is 2.38. The van der Waals surface area contributed by atoms with Crippen LogP contribution in [-0.4, -0.2) is 16.9 Å². The van der Waals surface area contributed by atoms with E-state index in [-0.39, 0.29) is 47.9 Å². The molecule has 3 N–H and O–H groups in total. The van der Waals surface area contributed by atoms with E-state index in [1.807, 2.05) is 43.3 Å². The highest BCUT2D eigenvalue weighted by molar-refractivity contribution is 5.87. The number of halogens is 1. The van der Waals surface area contributed by atoms with Gasteiger partial charge in [-0.3, -0.25) is 4.79 Å². The summed E-state index contributed by atoms with van der Waals surface area (Å²) in [6, 6.07) is 21.8. The van der Waals surface area contributed by atoms with Crippen molar-refractivity contribution in [1.29, 1.82) is 5.41 Å². The van der Waals surface area contributed by atoms with E-state index in [9.17, 15) is 9.90 Å². The molecular formula is C27H25ClN2O4. The molecule has 174 valence electrons. The van der Waals surface area contributed by atoms with Crippen LogP contribution in [0.1, 0.15) is 18.9 Å². The maximum absolute atomic E-state index is 13.5. The van der Waals surface area contributed by atoms with Gasteiger partial charge in [-0.1, -0.05) is 30.3 Å². The highest BCUT2D eigenvalue weighted by atomic mass is 35.5. The largest absolute Gasteiger partial charge is 0.508 e. The summed E-state index contributed by atoms with van der Waals surface area (Å²) in [7, 11) is 0. The summed E-state index contributed by atoms with van der Waals surface area (Å²) >= 11 is 0. The lowest BCUT2D eigenvalue weighted by atomic mass is 10.1. The highest BCUT2D eigenvalue weighted by Crippen LogP contribution is 2.36. The lowest BCUT2D eigenvalue weighted by Crippen LogP contribution is -2.12.